The first kappa shape index (κ1) is 26.5. The van der Waals surface area contributed by atoms with Gasteiger partial charge in [0.05, 0.1) is 18.4 Å². The topological polar surface area (TPSA) is 100 Å². The van der Waals surface area contributed by atoms with Crippen molar-refractivity contribution in [2.24, 2.45) is 7.05 Å². The fourth-order valence-electron chi connectivity index (χ4n) is 3.33. The van der Waals surface area contributed by atoms with Crippen LogP contribution in [0.2, 0.25) is 0 Å². The molecule has 0 bridgehead atoms. The maximum Gasteiger partial charge on any atom is 0.458 e. The number of pyridine rings is 2. The van der Waals surface area contributed by atoms with Crippen LogP contribution in [0.4, 0.5) is 35.1 Å². The number of alkyl halides is 8. The van der Waals surface area contributed by atoms with E-state index in [1.165, 1.54) is 0 Å². The number of aromatic nitrogens is 4. The van der Waals surface area contributed by atoms with Gasteiger partial charge in [-0.2, -0.15) is 40.1 Å². The summed E-state index contributed by atoms with van der Waals surface area (Å²) in [6.07, 6.45) is -10.6. The number of imidazole rings is 1. The molecule has 0 spiro atoms. The van der Waals surface area contributed by atoms with Crippen LogP contribution in [0.3, 0.4) is 0 Å². The van der Waals surface area contributed by atoms with E-state index in [0.717, 1.165) is 18.5 Å². The third-order valence-electron chi connectivity index (χ3n) is 5.09. The van der Waals surface area contributed by atoms with Crippen LogP contribution in [-0.2, 0) is 35.7 Å². The first-order chi connectivity index (χ1) is 15.9. The minimum atomic E-state index is -6.00. The molecule has 3 aromatic rings. The average Bonchev–Trinajstić information content (AvgIpc) is 3.07. The van der Waals surface area contributed by atoms with Gasteiger partial charge in [0.15, 0.2) is 27.0 Å². The molecule has 17 heteroatoms. The second-order valence-electron chi connectivity index (χ2n) is 7.30. The van der Waals surface area contributed by atoms with Crippen molar-refractivity contribution in [2.45, 2.75) is 36.8 Å². The number of fused-ring (bicyclic) bond motifs is 1. The normalized spacial score (nSPS) is 13.6. The van der Waals surface area contributed by atoms with Crippen LogP contribution in [0.25, 0.3) is 22.7 Å². The fraction of sp³-hybridized carbons (Fsp3) is 0.389. The molecule has 0 saturated heterocycles. The minimum absolute atomic E-state index is 0.146. The van der Waals surface area contributed by atoms with Crippen molar-refractivity contribution in [1.29, 1.82) is 0 Å². The van der Waals surface area contributed by atoms with Gasteiger partial charge in [-0.3, -0.25) is 5.21 Å². The van der Waals surface area contributed by atoms with Gasteiger partial charge in [0.2, 0.25) is 6.20 Å². The second kappa shape index (κ2) is 8.25. The van der Waals surface area contributed by atoms with Crippen molar-refractivity contribution < 1.29 is 63.2 Å². The SMILES string of the molecule is CCS(=O)(=O)c1cc(C(F)(F)F)c[n+](O)c1-c1nc2cc(C(F)(F)C(F)(F)F)c[n+](CO)c2n1C. The number of rotatable bonds is 5. The summed E-state index contributed by atoms with van der Waals surface area (Å²) in [5.41, 5.74) is -4.86. The Morgan fingerprint density at radius 2 is 1.63 bits per heavy atom. The molecule has 0 fully saturated rings. The summed E-state index contributed by atoms with van der Waals surface area (Å²) in [7, 11) is -3.34. The monoisotopic (exact) mass is 536 g/mol. The van der Waals surface area contributed by atoms with Gasteiger partial charge in [-0.1, -0.05) is 6.92 Å². The van der Waals surface area contributed by atoms with E-state index in [-0.39, 0.29) is 22.6 Å². The molecule has 0 aliphatic carbocycles. The molecule has 3 heterocycles. The van der Waals surface area contributed by atoms with Gasteiger partial charge >= 0.3 is 35.4 Å². The number of halogens is 8. The molecule has 0 aromatic carbocycles. The first-order valence-corrected chi connectivity index (χ1v) is 11.1. The van der Waals surface area contributed by atoms with Crippen LogP contribution in [0.5, 0.6) is 0 Å². The quantitative estimate of drug-likeness (QED) is 0.297. The van der Waals surface area contributed by atoms with Crippen molar-refractivity contribution in [1.82, 2.24) is 9.55 Å². The summed E-state index contributed by atoms with van der Waals surface area (Å²) < 4.78 is 133. The third kappa shape index (κ3) is 4.37. The van der Waals surface area contributed by atoms with E-state index in [2.05, 4.69) is 4.98 Å². The summed E-state index contributed by atoms with van der Waals surface area (Å²) in [6, 6.07) is 0.571. The number of sulfone groups is 1. The van der Waals surface area contributed by atoms with Crippen molar-refractivity contribution >= 4 is 21.0 Å². The smallest absolute Gasteiger partial charge is 0.357 e. The van der Waals surface area contributed by atoms with Crippen LogP contribution >= 0.6 is 0 Å². The van der Waals surface area contributed by atoms with E-state index >= 15 is 0 Å². The Labute approximate surface area is 191 Å². The van der Waals surface area contributed by atoms with Gasteiger partial charge in [-0.25, -0.2) is 17.6 Å². The molecule has 0 aliphatic heterocycles. The lowest BCUT2D eigenvalue weighted by Crippen LogP contribution is -2.41. The maximum absolute atomic E-state index is 13.9. The minimum Gasteiger partial charge on any atom is -0.357 e. The molecule has 0 atom stereocenters. The van der Waals surface area contributed by atoms with Gasteiger partial charge in [0, 0.05) is 4.73 Å². The molecular formula is C18H16F8N4O4S+2. The predicted octanol–water partition coefficient (Wildman–Crippen LogP) is 2.47. The number of hydrogen-bond acceptors (Lipinski definition) is 5. The van der Waals surface area contributed by atoms with Crippen molar-refractivity contribution in [3.8, 4) is 11.5 Å². The number of aliphatic hydroxyl groups excluding tert-OH is 1. The van der Waals surface area contributed by atoms with E-state index in [1.54, 1.807) is 0 Å². The van der Waals surface area contributed by atoms with E-state index in [1.807, 2.05) is 0 Å². The highest BCUT2D eigenvalue weighted by atomic mass is 32.2. The molecule has 0 unspecified atom stereocenters. The van der Waals surface area contributed by atoms with E-state index < -0.39 is 73.7 Å². The van der Waals surface area contributed by atoms with Crippen molar-refractivity contribution in [3.63, 3.8) is 0 Å². The third-order valence-corrected chi connectivity index (χ3v) is 6.83. The zero-order valence-corrected chi connectivity index (χ0v) is 18.5. The van der Waals surface area contributed by atoms with Gasteiger partial charge in [-0.15, -0.1) is 0 Å². The van der Waals surface area contributed by atoms with Crippen LogP contribution in [0.15, 0.2) is 29.4 Å². The van der Waals surface area contributed by atoms with Crippen LogP contribution in [-0.4, -0.2) is 40.2 Å². The Morgan fingerprint density at radius 3 is 2.11 bits per heavy atom. The summed E-state index contributed by atoms with van der Waals surface area (Å²) in [6.45, 7) is -0.00920. The molecule has 8 nitrogen and oxygen atoms in total. The molecular weight excluding hydrogens is 520 g/mol. The Morgan fingerprint density at radius 1 is 1.03 bits per heavy atom. The van der Waals surface area contributed by atoms with Gasteiger partial charge in [0.25, 0.3) is 0 Å². The number of aryl methyl sites for hydroxylation is 1. The largest absolute Gasteiger partial charge is 0.458 e. The van der Waals surface area contributed by atoms with Crippen LogP contribution < -0.4 is 9.30 Å². The summed E-state index contributed by atoms with van der Waals surface area (Å²) >= 11 is 0. The predicted molar refractivity (Wildman–Crippen MR) is 98.6 cm³/mol. The first-order valence-electron chi connectivity index (χ1n) is 9.41. The Hall–Kier alpha value is -3.08. The fourth-order valence-corrected chi connectivity index (χ4v) is 4.43. The zero-order valence-electron chi connectivity index (χ0n) is 17.7. The lowest BCUT2D eigenvalue weighted by Gasteiger charge is -2.19. The maximum atomic E-state index is 13.9. The lowest BCUT2D eigenvalue weighted by atomic mass is 10.1. The number of aliphatic hydroxyl groups is 1. The Balaban J connectivity index is 2.43. The lowest BCUT2D eigenvalue weighted by molar-refractivity contribution is -0.898. The van der Waals surface area contributed by atoms with Crippen molar-refractivity contribution in [2.75, 3.05) is 5.75 Å². The van der Waals surface area contributed by atoms with Crippen LogP contribution in [0, 0.1) is 0 Å². The standard InChI is InChI=1S/C18H16F8N4O4S/c1-3-35(33,34)12-5-10(17(21,22)23)7-30(32)13(12)14-27-11-4-9(16(19,20)18(24,25)26)6-29(8-31)15(11)28(14)2/h4-7,31-32H,3,8H2,1-2H3/q+2. The highest BCUT2D eigenvalue weighted by Gasteiger charge is 2.59. The van der Waals surface area contributed by atoms with E-state index in [4.69, 9.17) is 0 Å². The van der Waals surface area contributed by atoms with Crippen LogP contribution in [0.1, 0.15) is 18.1 Å². The summed E-state index contributed by atoms with van der Waals surface area (Å²) in [5.74, 6) is -6.67. The number of nitrogens with zero attached hydrogens (tertiary/aromatic N) is 4. The summed E-state index contributed by atoms with van der Waals surface area (Å²) in [5, 5.41) is 19.8. The van der Waals surface area contributed by atoms with Crippen molar-refractivity contribution in [3.05, 3.63) is 35.7 Å². The number of hydrogen-bond donors (Lipinski definition) is 2. The molecule has 0 amide bonds. The molecule has 0 saturated carbocycles. The van der Waals surface area contributed by atoms with Gasteiger partial charge < -0.3 is 5.11 Å². The molecule has 3 rings (SSSR count). The Kier molecular flexibility index (Phi) is 6.25. The van der Waals surface area contributed by atoms with E-state index in [9.17, 15) is 53.9 Å². The zero-order chi connectivity index (χ0) is 26.7. The molecule has 35 heavy (non-hydrogen) atoms. The summed E-state index contributed by atoms with van der Waals surface area (Å²) in [4.78, 5) is 2.79. The van der Waals surface area contributed by atoms with Gasteiger partial charge in [0.1, 0.15) is 11.8 Å². The average molecular weight is 536 g/mol. The molecule has 192 valence electrons. The molecule has 3 aromatic heterocycles. The molecule has 0 radical (unpaired) electrons. The highest BCUT2D eigenvalue weighted by Crippen LogP contribution is 2.44. The molecule has 2 N–H and O–H groups in total. The second-order valence-corrected chi connectivity index (χ2v) is 9.55. The molecule has 0 aliphatic rings. The van der Waals surface area contributed by atoms with Gasteiger partial charge in [-0.05, 0) is 12.1 Å². The van der Waals surface area contributed by atoms with E-state index in [0.29, 0.717) is 16.8 Å². The highest BCUT2D eigenvalue weighted by molar-refractivity contribution is 7.91. The Bertz CT molecular complexity index is 1410.